The second-order valence-corrected chi connectivity index (χ2v) is 6.11. The Kier molecular flexibility index (Phi) is 2.57. The lowest BCUT2D eigenvalue weighted by Gasteiger charge is -2.40. The molecule has 76 valence electrons. The summed E-state index contributed by atoms with van der Waals surface area (Å²) in [5.74, 6) is 1.16. The van der Waals surface area contributed by atoms with Gasteiger partial charge in [0.15, 0.2) is 0 Å². The van der Waals surface area contributed by atoms with E-state index in [1.807, 2.05) is 0 Å². The van der Waals surface area contributed by atoms with Crippen LogP contribution in [0.4, 0.5) is 0 Å². The first-order valence-electron chi connectivity index (χ1n) is 5.27. The summed E-state index contributed by atoms with van der Waals surface area (Å²) in [5.41, 5.74) is 0.286. The number of carbonyl (C=O) groups excluding carboxylic acids is 1. The molecular formula is C12H22O. The largest absolute Gasteiger partial charge is 0.299 e. The van der Waals surface area contributed by atoms with Gasteiger partial charge in [-0.05, 0) is 24.2 Å². The van der Waals surface area contributed by atoms with Crippen LogP contribution in [0.1, 0.15) is 53.9 Å². The maximum absolute atomic E-state index is 11.6. The van der Waals surface area contributed by atoms with Gasteiger partial charge < -0.3 is 0 Å². The van der Waals surface area contributed by atoms with Crippen molar-refractivity contribution in [1.82, 2.24) is 0 Å². The Morgan fingerprint density at radius 2 is 1.85 bits per heavy atom. The van der Waals surface area contributed by atoms with Crippen LogP contribution < -0.4 is 0 Å². The van der Waals surface area contributed by atoms with Gasteiger partial charge in [-0.15, -0.1) is 0 Å². The van der Waals surface area contributed by atoms with E-state index in [2.05, 4.69) is 34.6 Å². The first kappa shape index (κ1) is 10.7. The number of hydrogen-bond acceptors (Lipinski definition) is 1. The Morgan fingerprint density at radius 3 is 2.23 bits per heavy atom. The first-order chi connectivity index (χ1) is 5.73. The molecule has 1 fully saturated rings. The quantitative estimate of drug-likeness (QED) is 0.561. The summed E-state index contributed by atoms with van der Waals surface area (Å²) >= 11 is 0. The molecule has 13 heavy (non-hydrogen) atoms. The Morgan fingerprint density at radius 1 is 1.31 bits per heavy atom. The molecule has 0 aromatic rings. The minimum atomic E-state index is -0.0732. The Balaban J connectivity index is 2.72. The molecule has 0 bridgehead atoms. The highest BCUT2D eigenvalue weighted by Crippen LogP contribution is 2.43. The Bertz CT molecular complexity index is 208. The summed E-state index contributed by atoms with van der Waals surface area (Å²) in [4.78, 5) is 11.6. The zero-order chi connectivity index (χ0) is 10.3. The summed E-state index contributed by atoms with van der Waals surface area (Å²) in [5, 5.41) is 0. The number of Topliss-reactive ketones (excluding diaryl/α,β-unsaturated/α-hetero) is 1. The summed E-state index contributed by atoms with van der Waals surface area (Å²) in [6.45, 7) is 11.0. The van der Waals surface area contributed by atoms with Crippen LogP contribution in [-0.2, 0) is 4.79 Å². The fourth-order valence-corrected chi connectivity index (χ4v) is 2.21. The molecule has 0 aliphatic heterocycles. The van der Waals surface area contributed by atoms with Gasteiger partial charge >= 0.3 is 0 Å². The fraction of sp³-hybridized carbons (Fsp3) is 0.917. The van der Waals surface area contributed by atoms with Crippen LogP contribution in [0.15, 0.2) is 0 Å². The summed E-state index contributed by atoms with van der Waals surface area (Å²) < 4.78 is 0. The van der Waals surface area contributed by atoms with Crippen molar-refractivity contribution in [3.63, 3.8) is 0 Å². The third-order valence-electron chi connectivity index (χ3n) is 3.46. The predicted molar refractivity (Wildman–Crippen MR) is 55.6 cm³/mol. The molecule has 1 aliphatic rings. The summed E-state index contributed by atoms with van der Waals surface area (Å²) in [7, 11) is 0. The van der Waals surface area contributed by atoms with Crippen molar-refractivity contribution in [3.05, 3.63) is 0 Å². The molecule has 1 aliphatic carbocycles. The molecule has 0 aromatic carbocycles. The number of carbonyl (C=O) groups is 1. The van der Waals surface area contributed by atoms with Gasteiger partial charge in [-0.3, -0.25) is 4.79 Å². The third-order valence-corrected chi connectivity index (χ3v) is 3.46. The molecule has 1 unspecified atom stereocenters. The zero-order valence-electron chi connectivity index (χ0n) is 9.61. The lowest BCUT2D eigenvalue weighted by Crippen LogP contribution is -2.37. The average Bonchev–Trinajstić information content (AvgIpc) is 1.92. The molecule has 1 heteroatoms. The minimum Gasteiger partial charge on any atom is -0.299 e. The molecule has 1 nitrogen and oxygen atoms in total. The number of hydrogen-bond donors (Lipinski definition) is 0. The van der Waals surface area contributed by atoms with Gasteiger partial charge in [-0.1, -0.05) is 34.6 Å². The van der Waals surface area contributed by atoms with Crippen molar-refractivity contribution in [2.75, 3.05) is 0 Å². The van der Waals surface area contributed by atoms with Crippen molar-refractivity contribution in [1.29, 1.82) is 0 Å². The highest BCUT2D eigenvalue weighted by atomic mass is 16.1. The molecule has 0 radical (unpaired) electrons. The highest BCUT2D eigenvalue weighted by Gasteiger charge is 2.39. The molecule has 1 atom stereocenters. The van der Waals surface area contributed by atoms with Gasteiger partial charge in [-0.2, -0.15) is 0 Å². The number of ketones is 1. The van der Waals surface area contributed by atoms with Crippen LogP contribution in [0.5, 0.6) is 0 Å². The maximum atomic E-state index is 11.6. The Labute approximate surface area is 81.9 Å². The van der Waals surface area contributed by atoms with Crippen LogP contribution in [0.25, 0.3) is 0 Å². The second kappa shape index (κ2) is 3.11. The van der Waals surface area contributed by atoms with Gasteiger partial charge in [0.2, 0.25) is 0 Å². The van der Waals surface area contributed by atoms with Gasteiger partial charge in [0.1, 0.15) is 5.78 Å². The molecule has 0 heterocycles. The minimum absolute atomic E-state index is 0.0732. The van der Waals surface area contributed by atoms with E-state index in [0.717, 1.165) is 19.3 Å². The lowest BCUT2D eigenvalue weighted by atomic mass is 9.63. The second-order valence-electron chi connectivity index (χ2n) is 6.11. The van der Waals surface area contributed by atoms with Crippen molar-refractivity contribution >= 4 is 5.78 Å². The fourth-order valence-electron chi connectivity index (χ4n) is 2.21. The topological polar surface area (TPSA) is 17.1 Å². The van der Waals surface area contributed by atoms with Crippen molar-refractivity contribution in [3.8, 4) is 0 Å². The van der Waals surface area contributed by atoms with E-state index in [9.17, 15) is 4.79 Å². The van der Waals surface area contributed by atoms with Gasteiger partial charge in [0, 0.05) is 11.8 Å². The highest BCUT2D eigenvalue weighted by molar-refractivity contribution is 5.84. The molecule has 0 spiro atoms. The summed E-state index contributed by atoms with van der Waals surface area (Å²) in [6.07, 6.45) is 2.94. The zero-order valence-corrected chi connectivity index (χ0v) is 9.61. The van der Waals surface area contributed by atoms with Gasteiger partial charge in [0.25, 0.3) is 0 Å². The van der Waals surface area contributed by atoms with E-state index < -0.39 is 0 Å². The molecule has 0 amide bonds. The van der Waals surface area contributed by atoms with Crippen LogP contribution in [-0.4, -0.2) is 5.78 Å². The van der Waals surface area contributed by atoms with Gasteiger partial charge in [-0.25, -0.2) is 0 Å². The predicted octanol–water partition coefficient (Wildman–Crippen LogP) is 3.43. The maximum Gasteiger partial charge on any atom is 0.138 e. The smallest absolute Gasteiger partial charge is 0.138 e. The van der Waals surface area contributed by atoms with Crippen LogP contribution in [0, 0.1) is 16.7 Å². The van der Waals surface area contributed by atoms with Gasteiger partial charge in [0.05, 0.1) is 0 Å². The van der Waals surface area contributed by atoms with Crippen molar-refractivity contribution in [2.45, 2.75) is 53.9 Å². The van der Waals surface area contributed by atoms with Crippen LogP contribution >= 0.6 is 0 Å². The standard InChI is InChI=1S/C12H22O/c1-11(2,3)9-6-7-10(13)12(4,5)8-9/h9H,6-8H2,1-5H3. The lowest BCUT2D eigenvalue weighted by molar-refractivity contribution is -0.132. The molecule has 0 aromatic heterocycles. The molecular weight excluding hydrogens is 160 g/mol. The van der Waals surface area contributed by atoms with Crippen molar-refractivity contribution < 1.29 is 4.79 Å². The van der Waals surface area contributed by atoms with Crippen molar-refractivity contribution in [2.24, 2.45) is 16.7 Å². The van der Waals surface area contributed by atoms with Crippen LogP contribution in [0.3, 0.4) is 0 Å². The van der Waals surface area contributed by atoms with E-state index in [0.29, 0.717) is 17.1 Å². The van der Waals surface area contributed by atoms with Crippen LogP contribution in [0.2, 0.25) is 0 Å². The van der Waals surface area contributed by atoms with E-state index in [1.165, 1.54) is 0 Å². The number of rotatable bonds is 0. The Hall–Kier alpha value is -0.330. The monoisotopic (exact) mass is 182 g/mol. The normalized spacial score (nSPS) is 29.0. The van der Waals surface area contributed by atoms with E-state index in [4.69, 9.17) is 0 Å². The molecule has 0 saturated heterocycles. The molecule has 0 N–H and O–H groups in total. The summed E-state index contributed by atoms with van der Waals surface area (Å²) in [6, 6.07) is 0. The molecule has 1 saturated carbocycles. The SMILES string of the molecule is CC1(C)CC(C(C)(C)C)CCC1=O. The van der Waals surface area contributed by atoms with E-state index in [1.54, 1.807) is 0 Å². The van der Waals surface area contributed by atoms with E-state index >= 15 is 0 Å². The molecule has 1 rings (SSSR count). The average molecular weight is 182 g/mol. The first-order valence-corrected chi connectivity index (χ1v) is 5.27. The third kappa shape index (κ3) is 2.32. The van der Waals surface area contributed by atoms with E-state index in [-0.39, 0.29) is 5.41 Å².